The maximum absolute atomic E-state index is 13.0. The minimum atomic E-state index is -1.03. The number of nitrogens with zero attached hydrogens (tertiary/aromatic N) is 2. The Morgan fingerprint density at radius 1 is 1.39 bits per heavy atom. The molecule has 0 radical (unpaired) electrons. The molecule has 1 aromatic rings. The number of pyridine rings is 1. The molecule has 1 fully saturated rings. The van der Waals surface area contributed by atoms with Crippen molar-refractivity contribution in [2.45, 2.75) is 25.3 Å². The number of carboxylic acid groups (broad SMARTS) is 1. The van der Waals surface area contributed by atoms with E-state index in [0.29, 0.717) is 13.0 Å². The van der Waals surface area contributed by atoms with Crippen LogP contribution in [0.4, 0.5) is 4.39 Å². The zero-order valence-electron chi connectivity index (χ0n) is 9.67. The Kier molecular flexibility index (Phi) is 3.55. The minimum Gasteiger partial charge on any atom is -0.480 e. The summed E-state index contributed by atoms with van der Waals surface area (Å²) in [4.78, 5) is 27.9. The van der Waals surface area contributed by atoms with E-state index in [1.54, 1.807) is 0 Å². The Balaban J connectivity index is 2.23. The third-order valence-corrected chi connectivity index (χ3v) is 2.98. The molecule has 1 aliphatic rings. The highest BCUT2D eigenvalue weighted by molar-refractivity contribution is 5.95. The second kappa shape index (κ2) is 5.12. The normalized spacial score (nSPS) is 19.6. The van der Waals surface area contributed by atoms with Gasteiger partial charge in [0.15, 0.2) is 0 Å². The first kappa shape index (κ1) is 12.5. The van der Waals surface area contributed by atoms with Gasteiger partial charge in [0.1, 0.15) is 11.7 Å². The lowest BCUT2D eigenvalue weighted by molar-refractivity contribution is -0.143. The average Bonchev–Trinajstić information content (AvgIpc) is 2.38. The Bertz CT molecular complexity index is 478. The number of piperidine rings is 1. The Labute approximate surface area is 103 Å². The highest BCUT2D eigenvalue weighted by Crippen LogP contribution is 2.19. The van der Waals surface area contributed by atoms with Crippen molar-refractivity contribution in [3.8, 4) is 0 Å². The van der Waals surface area contributed by atoms with E-state index in [0.717, 1.165) is 18.9 Å². The number of rotatable bonds is 2. The minimum absolute atomic E-state index is 0.0526. The number of hydrogen-bond acceptors (Lipinski definition) is 3. The van der Waals surface area contributed by atoms with Crippen molar-refractivity contribution in [3.63, 3.8) is 0 Å². The van der Waals surface area contributed by atoms with E-state index in [-0.39, 0.29) is 5.69 Å². The molecular weight excluding hydrogens is 239 g/mol. The van der Waals surface area contributed by atoms with Crippen LogP contribution < -0.4 is 0 Å². The van der Waals surface area contributed by atoms with Crippen molar-refractivity contribution >= 4 is 11.9 Å². The summed E-state index contributed by atoms with van der Waals surface area (Å²) in [7, 11) is 0. The molecule has 1 N–H and O–H groups in total. The van der Waals surface area contributed by atoms with Gasteiger partial charge in [0, 0.05) is 6.54 Å². The molecule has 0 aromatic carbocycles. The molecule has 2 rings (SSSR count). The topological polar surface area (TPSA) is 70.5 Å². The van der Waals surface area contributed by atoms with E-state index in [4.69, 9.17) is 5.11 Å². The molecule has 0 saturated carbocycles. The predicted octanol–water partition coefficient (Wildman–Crippen LogP) is 1.30. The summed E-state index contributed by atoms with van der Waals surface area (Å²) >= 11 is 0. The summed E-state index contributed by atoms with van der Waals surface area (Å²) in [5.74, 6) is -2.30. The number of aromatic nitrogens is 1. The predicted molar refractivity (Wildman–Crippen MR) is 60.5 cm³/mol. The Morgan fingerprint density at radius 3 is 2.83 bits per heavy atom. The number of carboxylic acids is 1. The molecule has 1 saturated heterocycles. The third kappa shape index (κ3) is 2.47. The van der Waals surface area contributed by atoms with Crippen molar-refractivity contribution in [1.29, 1.82) is 0 Å². The zero-order chi connectivity index (χ0) is 13.1. The first-order chi connectivity index (χ1) is 8.59. The number of hydrogen-bond donors (Lipinski definition) is 1. The van der Waals surface area contributed by atoms with Crippen molar-refractivity contribution < 1.29 is 19.1 Å². The summed E-state index contributed by atoms with van der Waals surface area (Å²) in [5, 5.41) is 9.07. The Morgan fingerprint density at radius 2 is 2.17 bits per heavy atom. The number of halogens is 1. The summed E-state index contributed by atoms with van der Waals surface area (Å²) < 4.78 is 13.0. The summed E-state index contributed by atoms with van der Waals surface area (Å²) in [6, 6.07) is 3.08. The van der Waals surface area contributed by atoms with Crippen molar-refractivity contribution in [2.75, 3.05) is 6.54 Å². The van der Waals surface area contributed by atoms with Crippen LogP contribution in [-0.4, -0.2) is 39.5 Å². The van der Waals surface area contributed by atoms with Gasteiger partial charge in [0.2, 0.25) is 5.95 Å². The molecule has 18 heavy (non-hydrogen) atoms. The standard InChI is InChI=1S/C12H13FN2O3/c13-10-6-3-4-8(14-10)11(16)15-7-2-1-5-9(15)12(17)18/h3-4,6,9H,1-2,5,7H2,(H,17,18)/t9-/m1/s1. The van der Waals surface area contributed by atoms with Gasteiger partial charge in [-0.05, 0) is 31.4 Å². The van der Waals surface area contributed by atoms with Crippen molar-refractivity contribution in [2.24, 2.45) is 0 Å². The molecule has 0 unspecified atom stereocenters. The van der Waals surface area contributed by atoms with Crippen LogP contribution in [0.15, 0.2) is 18.2 Å². The van der Waals surface area contributed by atoms with Crippen molar-refractivity contribution in [3.05, 3.63) is 29.8 Å². The number of aliphatic carboxylic acids is 1. The third-order valence-electron chi connectivity index (χ3n) is 2.98. The molecule has 0 aliphatic carbocycles. The number of likely N-dealkylation sites (tertiary alicyclic amines) is 1. The van der Waals surface area contributed by atoms with Crippen LogP contribution in [0.25, 0.3) is 0 Å². The maximum atomic E-state index is 13.0. The second-order valence-corrected chi connectivity index (χ2v) is 4.19. The SMILES string of the molecule is O=C(O)[C@H]1CCCCN1C(=O)c1cccc(F)n1. The van der Waals surface area contributed by atoms with Crippen LogP contribution in [-0.2, 0) is 4.79 Å². The van der Waals surface area contributed by atoms with Gasteiger partial charge in [-0.15, -0.1) is 0 Å². The maximum Gasteiger partial charge on any atom is 0.326 e. The van der Waals surface area contributed by atoms with Crippen LogP contribution in [0.5, 0.6) is 0 Å². The lowest BCUT2D eigenvalue weighted by Gasteiger charge is -2.32. The molecule has 1 aliphatic heterocycles. The molecule has 2 heterocycles. The average molecular weight is 252 g/mol. The summed E-state index contributed by atoms with van der Waals surface area (Å²) in [5.41, 5.74) is -0.0526. The fourth-order valence-corrected chi connectivity index (χ4v) is 2.11. The van der Waals surface area contributed by atoms with E-state index in [1.165, 1.54) is 17.0 Å². The quantitative estimate of drug-likeness (QED) is 0.805. The molecule has 1 amide bonds. The van der Waals surface area contributed by atoms with E-state index < -0.39 is 23.9 Å². The molecule has 0 bridgehead atoms. The lowest BCUT2D eigenvalue weighted by Crippen LogP contribution is -2.48. The number of carbonyl (C=O) groups is 2. The molecule has 1 aromatic heterocycles. The monoisotopic (exact) mass is 252 g/mol. The van der Waals surface area contributed by atoms with Gasteiger partial charge in [-0.1, -0.05) is 6.07 Å². The van der Waals surface area contributed by atoms with E-state index >= 15 is 0 Å². The van der Waals surface area contributed by atoms with E-state index in [2.05, 4.69) is 4.98 Å². The fraction of sp³-hybridized carbons (Fsp3) is 0.417. The fourth-order valence-electron chi connectivity index (χ4n) is 2.11. The molecule has 5 nitrogen and oxygen atoms in total. The zero-order valence-corrected chi connectivity index (χ0v) is 9.67. The van der Waals surface area contributed by atoms with Crippen LogP contribution in [0.2, 0.25) is 0 Å². The molecule has 0 spiro atoms. The highest BCUT2D eigenvalue weighted by Gasteiger charge is 2.32. The van der Waals surface area contributed by atoms with Gasteiger partial charge in [-0.3, -0.25) is 4.79 Å². The van der Waals surface area contributed by atoms with Gasteiger partial charge in [0.25, 0.3) is 5.91 Å². The highest BCUT2D eigenvalue weighted by atomic mass is 19.1. The van der Waals surface area contributed by atoms with Gasteiger partial charge in [-0.25, -0.2) is 9.78 Å². The van der Waals surface area contributed by atoms with Crippen LogP contribution in [0.3, 0.4) is 0 Å². The van der Waals surface area contributed by atoms with Gasteiger partial charge in [0.05, 0.1) is 0 Å². The van der Waals surface area contributed by atoms with Crippen LogP contribution in [0, 0.1) is 5.95 Å². The first-order valence-corrected chi connectivity index (χ1v) is 5.76. The largest absolute Gasteiger partial charge is 0.480 e. The first-order valence-electron chi connectivity index (χ1n) is 5.76. The molecule has 1 atom stereocenters. The summed E-state index contributed by atoms with van der Waals surface area (Å²) in [6.45, 7) is 0.369. The summed E-state index contributed by atoms with van der Waals surface area (Å²) in [6.07, 6.45) is 1.96. The molecular formula is C12H13FN2O3. The Hall–Kier alpha value is -1.98. The van der Waals surface area contributed by atoms with Gasteiger partial charge in [-0.2, -0.15) is 4.39 Å². The lowest BCUT2D eigenvalue weighted by atomic mass is 10.0. The van der Waals surface area contributed by atoms with Gasteiger partial charge >= 0.3 is 5.97 Å². The molecule has 6 heteroatoms. The van der Waals surface area contributed by atoms with Gasteiger partial charge < -0.3 is 10.0 Å². The smallest absolute Gasteiger partial charge is 0.326 e. The number of carbonyl (C=O) groups excluding carboxylic acids is 1. The van der Waals surface area contributed by atoms with E-state index in [9.17, 15) is 14.0 Å². The number of amides is 1. The van der Waals surface area contributed by atoms with Crippen LogP contribution >= 0.6 is 0 Å². The van der Waals surface area contributed by atoms with E-state index in [1.807, 2.05) is 0 Å². The van der Waals surface area contributed by atoms with Crippen molar-refractivity contribution in [1.82, 2.24) is 9.88 Å². The second-order valence-electron chi connectivity index (χ2n) is 4.19. The van der Waals surface area contributed by atoms with Crippen LogP contribution in [0.1, 0.15) is 29.8 Å². The molecule has 96 valence electrons.